The largest absolute Gasteiger partial charge is 0.493 e. The lowest BCUT2D eigenvalue weighted by Gasteiger charge is -2.14. The first kappa shape index (κ1) is 19.0. The molecule has 5 heteroatoms. The summed E-state index contributed by atoms with van der Waals surface area (Å²) >= 11 is 0. The molecule has 0 atom stereocenters. The number of hydrogen-bond acceptors (Lipinski definition) is 5. The molecule has 0 aliphatic heterocycles. The number of oxime groups is 1. The van der Waals surface area contributed by atoms with E-state index in [0.717, 1.165) is 58.9 Å². The molecule has 0 fully saturated rings. The number of aryl methyl sites for hydroxylation is 4. The first-order valence-corrected chi connectivity index (χ1v) is 8.90. The molecule has 1 aromatic carbocycles. The topological polar surface area (TPSA) is 56.9 Å². The molecule has 0 radical (unpaired) electrons. The summed E-state index contributed by atoms with van der Waals surface area (Å²) in [5.74, 6) is 1.86. The molecule has 0 bridgehead atoms. The molecular formula is C20H28N2O3. The first-order valence-electron chi connectivity index (χ1n) is 8.90. The molecule has 1 heterocycles. The van der Waals surface area contributed by atoms with E-state index in [1.165, 1.54) is 0 Å². The van der Waals surface area contributed by atoms with E-state index in [2.05, 4.69) is 43.2 Å². The maximum absolute atomic E-state index is 6.01. The van der Waals surface area contributed by atoms with Crippen molar-refractivity contribution < 1.29 is 14.1 Å². The van der Waals surface area contributed by atoms with Gasteiger partial charge in [-0.3, -0.25) is 0 Å². The van der Waals surface area contributed by atoms with Crippen LogP contribution in [0, 0.1) is 20.8 Å². The van der Waals surface area contributed by atoms with Gasteiger partial charge in [-0.05, 0) is 63.8 Å². The molecule has 2 aromatic rings. The van der Waals surface area contributed by atoms with Crippen molar-refractivity contribution in [1.29, 1.82) is 0 Å². The quantitative estimate of drug-likeness (QED) is 0.374. The van der Waals surface area contributed by atoms with Crippen LogP contribution in [0.5, 0.6) is 5.75 Å². The van der Waals surface area contributed by atoms with Crippen molar-refractivity contribution in [3.63, 3.8) is 0 Å². The first-order chi connectivity index (χ1) is 12.0. The third kappa shape index (κ3) is 5.34. The number of aromatic nitrogens is 1. The molecule has 0 N–H and O–H groups in total. The Labute approximate surface area is 150 Å². The van der Waals surface area contributed by atoms with E-state index >= 15 is 0 Å². The molecule has 0 aliphatic rings. The summed E-state index contributed by atoms with van der Waals surface area (Å²) < 4.78 is 11.2. The number of nitrogens with zero attached hydrogens (tertiary/aromatic N) is 2. The molecule has 0 amide bonds. The fraction of sp³-hybridized carbons (Fsp3) is 0.500. The Morgan fingerprint density at radius 3 is 2.40 bits per heavy atom. The van der Waals surface area contributed by atoms with Crippen molar-refractivity contribution in [3.8, 4) is 5.75 Å². The third-order valence-corrected chi connectivity index (χ3v) is 3.92. The van der Waals surface area contributed by atoms with Gasteiger partial charge in [0.15, 0.2) is 0 Å². The summed E-state index contributed by atoms with van der Waals surface area (Å²) in [5.41, 5.74) is 5.20. The average molecular weight is 344 g/mol. The van der Waals surface area contributed by atoms with Crippen LogP contribution in [0.4, 0.5) is 0 Å². The smallest absolute Gasteiger partial charge is 0.137 e. The zero-order valence-electron chi connectivity index (χ0n) is 15.9. The van der Waals surface area contributed by atoms with Gasteiger partial charge in [0.05, 0.1) is 18.0 Å². The average Bonchev–Trinajstić information content (AvgIpc) is 2.99. The maximum atomic E-state index is 6.01. The van der Waals surface area contributed by atoms with Crippen molar-refractivity contribution in [1.82, 2.24) is 5.16 Å². The monoisotopic (exact) mass is 344 g/mol. The van der Waals surface area contributed by atoms with Crippen LogP contribution in [0.1, 0.15) is 54.8 Å². The number of hydrogen-bond donors (Lipinski definition) is 0. The minimum Gasteiger partial charge on any atom is -0.493 e. The van der Waals surface area contributed by atoms with Gasteiger partial charge in [-0.25, -0.2) is 0 Å². The van der Waals surface area contributed by atoms with Crippen molar-refractivity contribution in [2.24, 2.45) is 5.16 Å². The second kappa shape index (κ2) is 9.25. The van der Waals surface area contributed by atoms with Crippen LogP contribution in [0.15, 0.2) is 27.9 Å². The highest BCUT2D eigenvalue weighted by atomic mass is 16.6. The summed E-state index contributed by atoms with van der Waals surface area (Å²) in [7, 11) is 0. The molecule has 136 valence electrons. The van der Waals surface area contributed by atoms with E-state index in [1.54, 1.807) is 0 Å². The Bertz CT molecular complexity index is 696. The zero-order valence-corrected chi connectivity index (χ0v) is 15.9. The molecule has 0 saturated carbocycles. The highest BCUT2D eigenvalue weighted by molar-refractivity contribution is 6.00. The molecule has 0 unspecified atom stereocenters. The Hall–Kier alpha value is -2.30. The normalized spacial score (nSPS) is 11.6. The van der Waals surface area contributed by atoms with Crippen LogP contribution < -0.4 is 4.74 Å². The lowest BCUT2D eigenvalue weighted by Crippen LogP contribution is -2.06. The highest BCUT2D eigenvalue weighted by Crippen LogP contribution is 2.26. The van der Waals surface area contributed by atoms with E-state index in [-0.39, 0.29) is 0 Å². The van der Waals surface area contributed by atoms with E-state index in [0.29, 0.717) is 13.2 Å². The molecular weight excluding hydrogens is 316 g/mol. The fourth-order valence-electron chi connectivity index (χ4n) is 2.76. The second-order valence-electron chi connectivity index (χ2n) is 6.14. The summed E-state index contributed by atoms with van der Waals surface area (Å²) in [4.78, 5) is 5.22. The van der Waals surface area contributed by atoms with Gasteiger partial charge in [-0.2, -0.15) is 0 Å². The Kier molecular flexibility index (Phi) is 7.04. The number of rotatable bonds is 9. The summed E-state index contributed by atoms with van der Waals surface area (Å²) in [5, 5.41) is 8.11. The minimum atomic E-state index is 0.577. The van der Waals surface area contributed by atoms with Crippen molar-refractivity contribution in [2.75, 3.05) is 13.2 Å². The molecule has 0 saturated heterocycles. The molecule has 5 nitrogen and oxygen atoms in total. The molecule has 0 aliphatic carbocycles. The predicted molar refractivity (Wildman–Crippen MR) is 99.4 cm³/mol. The van der Waals surface area contributed by atoms with Crippen LogP contribution in [0.25, 0.3) is 0 Å². The number of benzene rings is 1. The molecule has 2 rings (SSSR count). The van der Waals surface area contributed by atoms with Crippen LogP contribution in [-0.4, -0.2) is 24.1 Å². The van der Waals surface area contributed by atoms with E-state index in [1.807, 2.05) is 19.9 Å². The predicted octanol–water partition coefficient (Wildman–Crippen LogP) is 4.76. The number of ether oxygens (including phenoxy) is 1. The van der Waals surface area contributed by atoms with Gasteiger partial charge in [0.25, 0.3) is 0 Å². The van der Waals surface area contributed by atoms with E-state index in [4.69, 9.17) is 14.1 Å². The van der Waals surface area contributed by atoms with Gasteiger partial charge in [0.1, 0.15) is 18.1 Å². The van der Waals surface area contributed by atoms with Gasteiger partial charge in [0, 0.05) is 18.1 Å². The van der Waals surface area contributed by atoms with Gasteiger partial charge < -0.3 is 14.1 Å². The summed E-state index contributed by atoms with van der Waals surface area (Å²) in [6, 6.07) is 6.20. The molecule has 25 heavy (non-hydrogen) atoms. The van der Waals surface area contributed by atoms with E-state index in [9.17, 15) is 0 Å². The Morgan fingerprint density at radius 2 is 1.84 bits per heavy atom. The molecule has 0 spiro atoms. The second-order valence-corrected chi connectivity index (χ2v) is 6.14. The third-order valence-electron chi connectivity index (χ3n) is 3.92. The Morgan fingerprint density at radius 1 is 1.12 bits per heavy atom. The minimum absolute atomic E-state index is 0.577. The van der Waals surface area contributed by atoms with Crippen LogP contribution >= 0.6 is 0 Å². The van der Waals surface area contributed by atoms with Crippen LogP contribution in [0.3, 0.4) is 0 Å². The van der Waals surface area contributed by atoms with Gasteiger partial charge in [0.2, 0.25) is 0 Å². The van der Waals surface area contributed by atoms with E-state index < -0.39 is 0 Å². The molecule has 1 aromatic heterocycles. The van der Waals surface area contributed by atoms with Crippen LogP contribution in [-0.2, 0) is 11.3 Å². The maximum Gasteiger partial charge on any atom is 0.137 e. The van der Waals surface area contributed by atoms with Gasteiger partial charge in [-0.1, -0.05) is 17.2 Å². The SMILES string of the molecule is CCON=C(CC)c1cc(C)c(OCCCc2cc(C)no2)c(C)c1. The van der Waals surface area contributed by atoms with Crippen LogP contribution in [0.2, 0.25) is 0 Å². The highest BCUT2D eigenvalue weighted by Gasteiger charge is 2.10. The van der Waals surface area contributed by atoms with Gasteiger partial charge in [-0.15, -0.1) is 0 Å². The Balaban J connectivity index is 1.99. The van der Waals surface area contributed by atoms with Crippen molar-refractivity contribution in [2.45, 2.75) is 53.9 Å². The lowest BCUT2D eigenvalue weighted by atomic mass is 10.0. The zero-order chi connectivity index (χ0) is 18.2. The fourth-order valence-corrected chi connectivity index (χ4v) is 2.76. The summed E-state index contributed by atoms with van der Waals surface area (Å²) in [6.45, 7) is 11.3. The van der Waals surface area contributed by atoms with Crippen molar-refractivity contribution in [3.05, 3.63) is 46.3 Å². The van der Waals surface area contributed by atoms with Crippen molar-refractivity contribution >= 4 is 5.71 Å². The standard InChI is InChI=1S/C20H28N2O3/c1-6-19(22-24-7-2)17-11-14(3)20(15(4)12-17)23-10-8-9-18-13-16(5)21-25-18/h11-13H,6-10H2,1-5H3. The van der Waals surface area contributed by atoms with Gasteiger partial charge >= 0.3 is 0 Å². The summed E-state index contributed by atoms with van der Waals surface area (Å²) in [6.07, 6.45) is 2.55. The lowest BCUT2D eigenvalue weighted by molar-refractivity contribution is 0.158.